The maximum Gasteiger partial charge on any atom is 0.0700 e. The van der Waals surface area contributed by atoms with Gasteiger partial charge in [-0.25, -0.2) is 0 Å². The first-order valence-electron chi connectivity index (χ1n) is 6.16. The third-order valence-corrected chi connectivity index (χ3v) is 3.88. The van der Waals surface area contributed by atoms with Crippen molar-refractivity contribution < 1.29 is 0 Å². The predicted octanol–water partition coefficient (Wildman–Crippen LogP) is 3.90. The molecule has 0 atom stereocenters. The number of hydrogen-bond donors (Lipinski definition) is 2. The molecule has 0 aliphatic rings. The summed E-state index contributed by atoms with van der Waals surface area (Å²) in [4.78, 5) is 1.28. The van der Waals surface area contributed by atoms with Crippen LogP contribution >= 0.6 is 11.8 Å². The molecule has 0 bridgehead atoms. The fraction of sp³-hybridized carbons (Fsp3) is 0.133. The van der Waals surface area contributed by atoms with Crippen LogP contribution in [0.5, 0.6) is 0 Å². The highest BCUT2D eigenvalue weighted by Crippen LogP contribution is 2.20. The van der Waals surface area contributed by atoms with Crippen molar-refractivity contribution in [2.45, 2.75) is 11.4 Å². The number of nitrogens with one attached hydrogen (secondary N) is 2. The number of nitrogens with zero attached hydrogens (tertiary/aromatic N) is 1. The molecule has 1 aromatic heterocycles. The Kier molecular flexibility index (Phi) is 3.42. The smallest absolute Gasteiger partial charge is 0.0700 e. The average Bonchev–Trinajstić information content (AvgIpc) is 2.94. The summed E-state index contributed by atoms with van der Waals surface area (Å²) in [6.45, 7) is 0.790. The molecule has 0 spiro atoms. The summed E-state index contributed by atoms with van der Waals surface area (Å²) in [5.74, 6) is 0. The molecule has 0 saturated carbocycles. The number of anilines is 1. The Bertz CT molecular complexity index is 673. The highest BCUT2D eigenvalue weighted by molar-refractivity contribution is 7.98. The molecule has 3 aromatic rings. The minimum atomic E-state index is 0.790. The maximum atomic E-state index is 4.08. The molecule has 0 unspecified atom stereocenters. The van der Waals surface area contributed by atoms with E-state index in [2.05, 4.69) is 64.2 Å². The second kappa shape index (κ2) is 5.36. The van der Waals surface area contributed by atoms with Gasteiger partial charge < -0.3 is 5.32 Å². The van der Waals surface area contributed by atoms with E-state index in [-0.39, 0.29) is 0 Å². The first-order valence-corrected chi connectivity index (χ1v) is 7.38. The van der Waals surface area contributed by atoms with Crippen molar-refractivity contribution in [2.24, 2.45) is 0 Å². The van der Waals surface area contributed by atoms with E-state index < -0.39 is 0 Å². The SMILES string of the molecule is CSc1ccc(NCc2cccc3cn[nH]c23)cc1. The Balaban J connectivity index is 1.76. The summed E-state index contributed by atoms with van der Waals surface area (Å²) in [5.41, 5.74) is 3.47. The molecule has 0 fully saturated rings. The van der Waals surface area contributed by atoms with Crippen LogP contribution in [0.15, 0.2) is 53.6 Å². The van der Waals surface area contributed by atoms with E-state index in [4.69, 9.17) is 0 Å². The Labute approximate surface area is 116 Å². The van der Waals surface area contributed by atoms with E-state index in [9.17, 15) is 0 Å². The third kappa shape index (κ3) is 2.58. The zero-order valence-corrected chi connectivity index (χ0v) is 11.5. The average molecular weight is 269 g/mol. The van der Waals surface area contributed by atoms with Crippen LogP contribution in [0.3, 0.4) is 0 Å². The summed E-state index contributed by atoms with van der Waals surface area (Å²) in [5, 5.41) is 11.7. The van der Waals surface area contributed by atoms with Gasteiger partial charge in [0.25, 0.3) is 0 Å². The number of aromatic amines is 1. The summed E-state index contributed by atoms with van der Waals surface area (Å²) in [6, 6.07) is 14.7. The molecule has 4 heteroatoms. The van der Waals surface area contributed by atoms with Crippen molar-refractivity contribution in [1.82, 2.24) is 10.2 Å². The number of rotatable bonds is 4. The Morgan fingerprint density at radius 2 is 2.00 bits per heavy atom. The minimum Gasteiger partial charge on any atom is -0.381 e. The molecule has 1 heterocycles. The van der Waals surface area contributed by atoms with Gasteiger partial charge in [-0.05, 0) is 36.1 Å². The predicted molar refractivity (Wildman–Crippen MR) is 81.6 cm³/mol. The van der Waals surface area contributed by atoms with E-state index in [1.807, 2.05) is 6.20 Å². The number of thioether (sulfide) groups is 1. The molecule has 0 saturated heterocycles. The van der Waals surface area contributed by atoms with Gasteiger partial charge in [-0.2, -0.15) is 5.10 Å². The zero-order valence-electron chi connectivity index (χ0n) is 10.7. The fourth-order valence-electron chi connectivity index (χ4n) is 2.08. The molecular formula is C15H15N3S. The zero-order chi connectivity index (χ0) is 13.1. The third-order valence-electron chi connectivity index (χ3n) is 3.14. The minimum absolute atomic E-state index is 0.790. The van der Waals surface area contributed by atoms with Crippen molar-refractivity contribution in [1.29, 1.82) is 0 Å². The van der Waals surface area contributed by atoms with Gasteiger partial charge in [0, 0.05) is 22.5 Å². The normalized spacial score (nSPS) is 10.8. The lowest BCUT2D eigenvalue weighted by Crippen LogP contribution is -1.99. The van der Waals surface area contributed by atoms with Gasteiger partial charge in [0.15, 0.2) is 0 Å². The summed E-state index contributed by atoms with van der Waals surface area (Å²) >= 11 is 1.75. The Morgan fingerprint density at radius 1 is 1.16 bits per heavy atom. The van der Waals surface area contributed by atoms with Crippen LogP contribution in [0.4, 0.5) is 5.69 Å². The van der Waals surface area contributed by atoms with Crippen LogP contribution in [-0.4, -0.2) is 16.5 Å². The van der Waals surface area contributed by atoms with E-state index >= 15 is 0 Å². The van der Waals surface area contributed by atoms with E-state index in [0.717, 1.165) is 23.1 Å². The molecule has 3 rings (SSSR count). The molecule has 0 amide bonds. The summed E-state index contributed by atoms with van der Waals surface area (Å²) in [7, 11) is 0. The van der Waals surface area contributed by atoms with Gasteiger partial charge >= 0.3 is 0 Å². The van der Waals surface area contributed by atoms with E-state index in [1.165, 1.54) is 10.5 Å². The van der Waals surface area contributed by atoms with Gasteiger partial charge in [-0.1, -0.05) is 18.2 Å². The van der Waals surface area contributed by atoms with Gasteiger partial charge in [0.1, 0.15) is 0 Å². The molecule has 96 valence electrons. The van der Waals surface area contributed by atoms with Crippen LogP contribution in [0.25, 0.3) is 10.9 Å². The molecule has 2 N–H and O–H groups in total. The second-order valence-electron chi connectivity index (χ2n) is 4.33. The van der Waals surface area contributed by atoms with E-state index in [0.29, 0.717) is 0 Å². The van der Waals surface area contributed by atoms with Crippen molar-refractivity contribution in [3.63, 3.8) is 0 Å². The van der Waals surface area contributed by atoms with Crippen molar-refractivity contribution in [3.05, 3.63) is 54.2 Å². The molecule has 0 aliphatic carbocycles. The van der Waals surface area contributed by atoms with Gasteiger partial charge in [-0.3, -0.25) is 5.10 Å². The fourth-order valence-corrected chi connectivity index (χ4v) is 2.49. The van der Waals surface area contributed by atoms with Crippen LogP contribution < -0.4 is 5.32 Å². The van der Waals surface area contributed by atoms with Crippen LogP contribution in [-0.2, 0) is 6.54 Å². The van der Waals surface area contributed by atoms with Gasteiger partial charge in [0.05, 0.1) is 11.7 Å². The number of benzene rings is 2. The summed E-state index contributed by atoms with van der Waals surface area (Å²) < 4.78 is 0. The molecule has 0 radical (unpaired) electrons. The monoisotopic (exact) mass is 269 g/mol. The van der Waals surface area contributed by atoms with Crippen LogP contribution in [0.2, 0.25) is 0 Å². The number of aromatic nitrogens is 2. The highest BCUT2D eigenvalue weighted by atomic mass is 32.2. The number of para-hydroxylation sites is 1. The van der Waals surface area contributed by atoms with Crippen molar-refractivity contribution in [2.75, 3.05) is 11.6 Å². The lowest BCUT2D eigenvalue weighted by atomic mass is 10.1. The molecule has 3 nitrogen and oxygen atoms in total. The molecular weight excluding hydrogens is 254 g/mol. The molecule has 0 aliphatic heterocycles. The van der Waals surface area contributed by atoms with Crippen LogP contribution in [0, 0.1) is 0 Å². The number of H-pyrrole nitrogens is 1. The largest absolute Gasteiger partial charge is 0.381 e. The highest BCUT2D eigenvalue weighted by Gasteiger charge is 2.02. The number of hydrogen-bond acceptors (Lipinski definition) is 3. The first-order chi connectivity index (χ1) is 9.36. The number of fused-ring (bicyclic) bond motifs is 1. The Hall–Kier alpha value is -1.94. The molecule has 19 heavy (non-hydrogen) atoms. The van der Waals surface area contributed by atoms with Crippen LogP contribution in [0.1, 0.15) is 5.56 Å². The topological polar surface area (TPSA) is 40.7 Å². The lowest BCUT2D eigenvalue weighted by molar-refractivity contribution is 1.09. The van der Waals surface area contributed by atoms with Crippen molar-refractivity contribution in [3.8, 4) is 0 Å². The quantitative estimate of drug-likeness (QED) is 0.706. The lowest BCUT2D eigenvalue weighted by Gasteiger charge is -2.08. The second-order valence-corrected chi connectivity index (χ2v) is 5.21. The van der Waals surface area contributed by atoms with E-state index in [1.54, 1.807) is 11.8 Å². The molecule has 2 aromatic carbocycles. The Morgan fingerprint density at radius 3 is 2.79 bits per heavy atom. The van der Waals surface area contributed by atoms with Gasteiger partial charge in [0.2, 0.25) is 0 Å². The van der Waals surface area contributed by atoms with Crippen molar-refractivity contribution >= 4 is 28.4 Å². The standard InChI is InChI=1S/C15H15N3S/c1-19-14-7-5-13(6-8-14)16-9-11-3-2-4-12-10-17-18-15(11)12/h2-8,10,16H,9H2,1H3,(H,17,18). The maximum absolute atomic E-state index is 4.08. The van der Waals surface area contributed by atoms with Gasteiger partial charge in [-0.15, -0.1) is 11.8 Å². The summed E-state index contributed by atoms with van der Waals surface area (Å²) in [6.07, 6.45) is 3.94. The first kappa shape index (κ1) is 12.1.